The molecule has 1 aromatic carbocycles. The zero-order valence-electron chi connectivity index (χ0n) is 16.3. The van der Waals surface area contributed by atoms with Crippen molar-refractivity contribution in [2.75, 3.05) is 0 Å². The first-order valence-corrected chi connectivity index (χ1v) is 8.52. The number of nitrogens with zero attached hydrogens (tertiary/aromatic N) is 3. The Labute approximate surface area is 157 Å². The molecule has 1 heterocycles. The van der Waals surface area contributed by atoms with Crippen LogP contribution in [0.3, 0.4) is 0 Å². The maximum atomic E-state index is 12.6. The zero-order chi connectivity index (χ0) is 20.5. The van der Waals surface area contributed by atoms with Crippen LogP contribution in [0, 0.1) is 44.7 Å². The summed E-state index contributed by atoms with van der Waals surface area (Å²) in [6, 6.07) is 3.72. The Morgan fingerprint density at radius 3 is 2.30 bits per heavy atom. The van der Waals surface area contributed by atoms with Crippen molar-refractivity contribution in [2.24, 2.45) is 0 Å². The van der Waals surface area contributed by atoms with Crippen molar-refractivity contribution in [3.63, 3.8) is 0 Å². The number of carbonyl (C=O) groups is 2. The Morgan fingerprint density at radius 2 is 1.74 bits per heavy atom. The summed E-state index contributed by atoms with van der Waals surface area (Å²) in [4.78, 5) is 35.4. The largest absolute Gasteiger partial charge is 0.453 e. The van der Waals surface area contributed by atoms with E-state index in [1.807, 2.05) is 26.8 Å². The third-order valence-electron chi connectivity index (χ3n) is 4.59. The monoisotopic (exact) mass is 373 g/mol. The van der Waals surface area contributed by atoms with Crippen LogP contribution in [0.15, 0.2) is 12.1 Å². The number of Topliss-reactive ketones (excluding diaryl/α,β-unsaturated/α-hetero) is 1. The number of carbonyl (C=O) groups excluding carboxylic acids is 2. The van der Waals surface area contributed by atoms with Gasteiger partial charge in [0.15, 0.2) is 6.10 Å². The Morgan fingerprint density at radius 1 is 1.15 bits per heavy atom. The summed E-state index contributed by atoms with van der Waals surface area (Å²) >= 11 is 0. The van der Waals surface area contributed by atoms with Crippen LogP contribution >= 0.6 is 0 Å². The van der Waals surface area contributed by atoms with E-state index >= 15 is 0 Å². The van der Waals surface area contributed by atoms with Crippen LogP contribution in [0.25, 0.3) is 0 Å². The van der Waals surface area contributed by atoms with Crippen molar-refractivity contribution in [2.45, 2.75) is 54.2 Å². The maximum absolute atomic E-state index is 12.6. The van der Waals surface area contributed by atoms with Crippen LogP contribution in [-0.2, 0) is 16.1 Å². The molecule has 0 fully saturated rings. The highest BCUT2D eigenvalue weighted by atomic mass is 16.6. The molecule has 0 N–H and O–H groups in total. The molecule has 0 amide bonds. The van der Waals surface area contributed by atoms with Gasteiger partial charge in [0.1, 0.15) is 17.9 Å². The number of hydrogen-bond donors (Lipinski definition) is 0. The quantitative estimate of drug-likeness (QED) is 0.333. The molecule has 0 saturated heterocycles. The fourth-order valence-electron chi connectivity index (χ4n) is 2.96. The van der Waals surface area contributed by atoms with Crippen molar-refractivity contribution in [1.82, 2.24) is 9.78 Å². The Bertz CT molecular complexity index is 930. The number of aromatic nitrogens is 2. The molecule has 144 valence electrons. The SMILES string of the molecule is Cc1cc(C)c(C(=O)[C@H](C)OC(=O)Cn2nc(C)c([N+](=O)[O-])c2C)cc1C. The Balaban J connectivity index is 2.12. The molecule has 0 aliphatic rings. The molecule has 0 radical (unpaired) electrons. The first-order valence-electron chi connectivity index (χ1n) is 8.52. The number of esters is 1. The van der Waals surface area contributed by atoms with Gasteiger partial charge in [-0.1, -0.05) is 6.07 Å². The van der Waals surface area contributed by atoms with Gasteiger partial charge in [0.2, 0.25) is 5.78 Å². The predicted octanol–water partition coefficient (Wildman–Crippen LogP) is 3.15. The second kappa shape index (κ2) is 7.69. The molecule has 2 aromatic rings. The lowest BCUT2D eigenvalue weighted by atomic mass is 9.96. The maximum Gasteiger partial charge on any atom is 0.328 e. The van der Waals surface area contributed by atoms with Gasteiger partial charge in [-0.2, -0.15) is 5.10 Å². The zero-order valence-corrected chi connectivity index (χ0v) is 16.3. The van der Waals surface area contributed by atoms with E-state index in [-0.39, 0.29) is 29.4 Å². The average Bonchev–Trinajstić information content (AvgIpc) is 2.83. The fourth-order valence-corrected chi connectivity index (χ4v) is 2.96. The molecule has 1 atom stereocenters. The molecule has 8 heteroatoms. The molecular weight excluding hydrogens is 350 g/mol. The number of ether oxygens (including phenoxy) is 1. The predicted molar refractivity (Wildman–Crippen MR) is 98.9 cm³/mol. The number of nitro groups is 1. The minimum atomic E-state index is -0.967. The van der Waals surface area contributed by atoms with E-state index in [1.165, 1.54) is 25.5 Å². The number of benzene rings is 1. The van der Waals surface area contributed by atoms with E-state index in [9.17, 15) is 19.7 Å². The van der Waals surface area contributed by atoms with Crippen molar-refractivity contribution >= 4 is 17.4 Å². The van der Waals surface area contributed by atoms with E-state index in [2.05, 4.69) is 5.10 Å². The summed E-state index contributed by atoms with van der Waals surface area (Å²) in [7, 11) is 0. The third-order valence-corrected chi connectivity index (χ3v) is 4.59. The van der Waals surface area contributed by atoms with Crippen molar-refractivity contribution < 1.29 is 19.2 Å². The van der Waals surface area contributed by atoms with Gasteiger partial charge < -0.3 is 4.74 Å². The molecular formula is C19H23N3O5. The van der Waals surface area contributed by atoms with E-state index in [4.69, 9.17) is 4.74 Å². The first-order chi connectivity index (χ1) is 12.5. The fraction of sp³-hybridized carbons (Fsp3) is 0.421. The molecule has 8 nitrogen and oxygen atoms in total. The van der Waals surface area contributed by atoms with Crippen LogP contribution < -0.4 is 0 Å². The van der Waals surface area contributed by atoms with Crippen molar-refractivity contribution in [3.8, 4) is 0 Å². The van der Waals surface area contributed by atoms with Gasteiger partial charge >= 0.3 is 11.7 Å². The second-order valence-corrected chi connectivity index (χ2v) is 6.68. The van der Waals surface area contributed by atoms with Crippen LogP contribution in [0.2, 0.25) is 0 Å². The minimum Gasteiger partial charge on any atom is -0.453 e. The van der Waals surface area contributed by atoms with Gasteiger partial charge in [0, 0.05) is 5.56 Å². The van der Waals surface area contributed by atoms with Gasteiger partial charge in [-0.15, -0.1) is 0 Å². The Hall–Kier alpha value is -3.03. The molecule has 0 spiro atoms. The van der Waals surface area contributed by atoms with Gasteiger partial charge in [-0.25, -0.2) is 0 Å². The standard InChI is InChI=1S/C19H23N3O5/c1-10-7-12(3)16(8-11(10)2)19(24)15(6)27-17(23)9-21-14(5)18(22(25)26)13(4)20-21/h7-8,15H,9H2,1-6H3/t15-/m0/s1. The smallest absolute Gasteiger partial charge is 0.328 e. The van der Waals surface area contributed by atoms with Gasteiger partial charge in [-0.05, 0) is 64.3 Å². The summed E-state index contributed by atoms with van der Waals surface area (Å²) < 4.78 is 6.46. The number of rotatable bonds is 6. The summed E-state index contributed by atoms with van der Waals surface area (Å²) in [5, 5.41) is 15.0. The number of hydrogen-bond acceptors (Lipinski definition) is 6. The molecule has 27 heavy (non-hydrogen) atoms. The Kier molecular flexibility index (Phi) is 5.78. The molecule has 0 saturated carbocycles. The number of ketones is 1. The van der Waals surface area contributed by atoms with E-state index < -0.39 is 17.0 Å². The number of aryl methyl sites for hydroxylation is 4. The van der Waals surface area contributed by atoms with Crippen molar-refractivity contribution in [3.05, 3.63) is 55.9 Å². The third kappa shape index (κ3) is 4.21. The van der Waals surface area contributed by atoms with Crippen molar-refractivity contribution in [1.29, 1.82) is 0 Å². The lowest BCUT2D eigenvalue weighted by Crippen LogP contribution is -2.27. The molecule has 0 bridgehead atoms. The van der Waals surface area contributed by atoms with Crippen LogP contribution in [0.4, 0.5) is 5.69 Å². The minimum absolute atomic E-state index is 0.127. The first kappa shape index (κ1) is 20.3. The van der Waals surface area contributed by atoms with Gasteiger partial charge in [-0.3, -0.25) is 24.4 Å². The summed E-state index contributed by atoms with van der Waals surface area (Å²) in [6.07, 6.45) is -0.967. The molecule has 1 aromatic heterocycles. The topological polar surface area (TPSA) is 104 Å². The summed E-state index contributed by atoms with van der Waals surface area (Å²) in [6.45, 7) is 9.94. The highest BCUT2D eigenvalue weighted by Gasteiger charge is 2.25. The molecule has 0 aliphatic carbocycles. The van der Waals surface area contributed by atoms with Crippen LogP contribution in [0.1, 0.15) is 45.4 Å². The molecule has 2 rings (SSSR count). The van der Waals surface area contributed by atoms with E-state index in [0.717, 1.165) is 16.7 Å². The highest BCUT2D eigenvalue weighted by molar-refractivity contribution is 6.01. The van der Waals surface area contributed by atoms with Crippen LogP contribution in [0.5, 0.6) is 0 Å². The lowest BCUT2D eigenvalue weighted by molar-refractivity contribution is -0.386. The van der Waals surface area contributed by atoms with Crippen LogP contribution in [-0.4, -0.2) is 32.6 Å². The summed E-state index contributed by atoms with van der Waals surface area (Å²) in [5.74, 6) is -0.971. The second-order valence-electron chi connectivity index (χ2n) is 6.68. The highest BCUT2D eigenvalue weighted by Crippen LogP contribution is 2.22. The van der Waals surface area contributed by atoms with E-state index in [0.29, 0.717) is 5.56 Å². The molecule has 0 unspecified atom stereocenters. The van der Waals surface area contributed by atoms with Gasteiger partial charge in [0.25, 0.3) is 0 Å². The lowest BCUT2D eigenvalue weighted by Gasteiger charge is -2.15. The summed E-state index contributed by atoms with van der Waals surface area (Å²) in [5.41, 5.74) is 3.76. The molecule has 0 aliphatic heterocycles. The average molecular weight is 373 g/mol. The van der Waals surface area contributed by atoms with E-state index in [1.54, 1.807) is 6.07 Å². The van der Waals surface area contributed by atoms with Gasteiger partial charge in [0.05, 0.1) is 4.92 Å². The normalized spacial score (nSPS) is 11.9.